The van der Waals surface area contributed by atoms with Gasteiger partial charge in [0.1, 0.15) is 12.2 Å². The minimum atomic E-state index is -2.30. The Morgan fingerprint density at radius 2 is 1.94 bits per heavy atom. The van der Waals surface area contributed by atoms with Crippen LogP contribution < -0.4 is 0 Å². The molecule has 9 atom stereocenters. The number of hydrogen-bond donors (Lipinski definition) is 1. The van der Waals surface area contributed by atoms with Crippen molar-refractivity contribution >= 4 is 28.6 Å². The monoisotopic (exact) mass is 500 g/mol. The second-order valence-electron chi connectivity index (χ2n) is 10.6. The highest BCUT2D eigenvalue weighted by molar-refractivity contribution is 8.13. The molecule has 0 bridgehead atoms. The number of carbonyl (C=O) groups is 3. The number of ether oxygens (including phenoxy) is 1. The van der Waals surface area contributed by atoms with Crippen LogP contribution in [0.4, 0.5) is 13.2 Å². The first-order chi connectivity index (χ1) is 15.8. The molecule has 4 aliphatic carbocycles. The summed E-state index contributed by atoms with van der Waals surface area (Å²) in [5.41, 5.74) is -6.84. The number of ketones is 1. The molecule has 9 heteroatoms. The number of esters is 1. The molecule has 0 saturated heterocycles. The number of allylic oxidation sites excluding steroid dienone is 4. The van der Waals surface area contributed by atoms with Gasteiger partial charge in [0.15, 0.2) is 17.1 Å². The second-order valence-corrected chi connectivity index (χ2v) is 11.5. The molecule has 0 aliphatic heterocycles. The van der Waals surface area contributed by atoms with E-state index in [-0.39, 0.29) is 31.3 Å². The number of fused-ring (bicyclic) bond motifs is 5. The van der Waals surface area contributed by atoms with Gasteiger partial charge in [0, 0.05) is 29.1 Å². The largest absolute Gasteiger partial charge is 0.449 e. The third-order valence-electron chi connectivity index (χ3n) is 9.22. The van der Waals surface area contributed by atoms with E-state index >= 15 is 8.78 Å². The fourth-order valence-corrected chi connectivity index (χ4v) is 8.42. The quantitative estimate of drug-likeness (QED) is 0.576. The Hall–Kier alpha value is -1.61. The third kappa shape index (κ3) is 3.01. The molecule has 0 unspecified atom stereocenters. The molecule has 4 rings (SSSR count). The van der Waals surface area contributed by atoms with Gasteiger partial charge >= 0.3 is 5.97 Å². The van der Waals surface area contributed by atoms with E-state index in [0.717, 1.165) is 6.08 Å². The Morgan fingerprint density at radius 1 is 1.26 bits per heavy atom. The van der Waals surface area contributed by atoms with Crippen molar-refractivity contribution in [3.8, 4) is 0 Å². The first-order valence-corrected chi connectivity index (χ1v) is 12.7. The summed E-state index contributed by atoms with van der Waals surface area (Å²) in [7, 11) is 0. The van der Waals surface area contributed by atoms with Crippen molar-refractivity contribution in [1.82, 2.24) is 0 Å². The zero-order valence-corrected chi connectivity index (χ0v) is 20.6. The van der Waals surface area contributed by atoms with Gasteiger partial charge in [-0.15, -0.1) is 0 Å². The lowest BCUT2D eigenvalue weighted by molar-refractivity contribution is -0.228. The fraction of sp³-hybridized carbons (Fsp3) is 0.720. The lowest BCUT2D eigenvalue weighted by Crippen LogP contribution is -2.70. The van der Waals surface area contributed by atoms with E-state index in [0.29, 0.717) is 11.8 Å². The number of carbonyl (C=O) groups excluding carboxylic acids is 3. The van der Waals surface area contributed by atoms with Crippen LogP contribution in [0.3, 0.4) is 0 Å². The van der Waals surface area contributed by atoms with Crippen LogP contribution in [0, 0.1) is 28.6 Å². The van der Waals surface area contributed by atoms with Crippen molar-refractivity contribution in [2.24, 2.45) is 28.6 Å². The van der Waals surface area contributed by atoms with E-state index in [1.54, 1.807) is 20.8 Å². The zero-order valence-electron chi connectivity index (χ0n) is 19.8. The molecule has 0 radical (unpaired) electrons. The van der Waals surface area contributed by atoms with E-state index in [4.69, 9.17) is 4.74 Å². The lowest BCUT2D eigenvalue weighted by Gasteiger charge is -2.63. The van der Waals surface area contributed by atoms with Crippen LogP contribution in [0.15, 0.2) is 23.8 Å². The predicted molar refractivity (Wildman–Crippen MR) is 121 cm³/mol. The van der Waals surface area contributed by atoms with Crippen LogP contribution in [0.25, 0.3) is 0 Å². The van der Waals surface area contributed by atoms with Crippen LogP contribution in [-0.2, 0) is 19.1 Å². The van der Waals surface area contributed by atoms with Gasteiger partial charge in [0.2, 0.25) is 5.12 Å². The first-order valence-electron chi connectivity index (χ1n) is 11.7. The van der Waals surface area contributed by atoms with Gasteiger partial charge in [-0.1, -0.05) is 26.8 Å². The highest BCUT2D eigenvalue weighted by atomic mass is 32.2. The van der Waals surface area contributed by atoms with Crippen LogP contribution in [-0.4, -0.2) is 51.5 Å². The molecule has 0 aromatic rings. The summed E-state index contributed by atoms with van der Waals surface area (Å²) in [5, 5.41) is 10.7. The summed E-state index contributed by atoms with van der Waals surface area (Å²) in [5.74, 6) is -3.30. The molecule has 34 heavy (non-hydrogen) atoms. The number of halogens is 3. The molecular weight excluding hydrogens is 469 g/mol. The van der Waals surface area contributed by atoms with Crippen molar-refractivity contribution in [3.63, 3.8) is 0 Å². The third-order valence-corrected chi connectivity index (χ3v) is 9.90. The summed E-state index contributed by atoms with van der Waals surface area (Å²) in [6, 6.07) is -1.02. The Labute approximate surface area is 201 Å². The number of rotatable bonds is 4. The van der Waals surface area contributed by atoms with Gasteiger partial charge in [-0.05, 0) is 61.6 Å². The van der Waals surface area contributed by atoms with E-state index in [1.165, 1.54) is 19.1 Å². The molecule has 3 saturated carbocycles. The molecular formula is C25H31F3O5S. The van der Waals surface area contributed by atoms with Crippen molar-refractivity contribution < 1.29 is 37.4 Å². The van der Waals surface area contributed by atoms with Gasteiger partial charge in [-0.3, -0.25) is 14.4 Å². The van der Waals surface area contributed by atoms with Gasteiger partial charge in [-0.2, -0.15) is 0 Å². The summed E-state index contributed by atoms with van der Waals surface area (Å²) < 4.78 is 51.8. The molecule has 0 aromatic heterocycles. The summed E-state index contributed by atoms with van der Waals surface area (Å²) in [6.45, 7) is 6.45. The van der Waals surface area contributed by atoms with Gasteiger partial charge in [0.05, 0.1) is 6.10 Å². The Bertz CT molecular complexity index is 984. The molecule has 3 fully saturated rings. The standard InChI is InChI=1S/C25H31F3O5S/c1-5-20(31)33-25(21(32)34-12-26)13(2)8-15-16-10-18(27)17-9-14(29)6-7-22(17,3)24(16,28)19(30)11-23(15,25)4/h6-7,9,13,15-16,18-19,30H,5,8,10-12H2,1-4H3/t13-,15-,16-,18+,19+,22+,23+,24+,25+/m1/s1. The molecule has 0 amide bonds. The highest BCUT2D eigenvalue weighted by Gasteiger charge is 2.78. The van der Waals surface area contributed by atoms with Crippen LogP contribution in [0.2, 0.25) is 0 Å². The molecule has 4 aliphatic rings. The molecule has 5 nitrogen and oxygen atoms in total. The van der Waals surface area contributed by atoms with E-state index < -0.39 is 75.0 Å². The van der Waals surface area contributed by atoms with Gasteiger partial charge < -0.3 is 9.84 Å². The summed E-state index contributed by atoms with van der Waals surface area (Å²) in [4.78, 5) is 37.8. The Balaban J connectivity index is 1.87. The molecule has 0 spiro atoms. The van der Waals surface area contributed by atoms with Crippen molar-refractivity contribution in [2.75, 3.05) is 6.01 Å². The van der Waals surface area contributed by atoms with Crippen molar-refractivity contribution in [1.29, 1.82) is 0 Å². The Morgan fingerprint density at radius 3 is 2.56 bits per heavy atom. The fourth-order valence-electron chi connectivity index (χ4n) is 7.63. The average molecular weight is 501 g/mol. The minimum absolute atomic E-state index is 0.0141. The lowest BCUT2D eigenvalue weighted by atomic mass is 9.44. The van der Waals surface area contributed by atoms with Crippen LogP contribution >= 0.6 is 11.8 Å². The Kier molecular flexibility index (Phi) is 6.16. The highest BCUT2D eigenvalue weighted by Crippen LogP contribution is 2.72. The smallest absolute Gasteiger partial charge is 0.306 e. The minimum Gasteiger partial charge on any atom is -0.449 e. The van der Waals surface area contributed by atoms with Crippen LogP contribution in [0.1, 0.15) is 53.4 Å². The molecule has 188 valence electrons. The predicted octanol–water partition coefficient (Wildman–Crippen LogP) is 4.43. The zero-order chi connectivity index (χ0) is 25.3. The van der Waals surface area contributed by atoms with Crippen molar-refractivity contribution in [3.05, 3.63) is 23.8 Å². The number of alkyl halides is 3. The van der Waals surface area contributed by atoms with E-state index in [9.17, 15) is 23.9 Å². The number of aliphatic hydroxyl groups is 1. The normalized spacial score (nSPS) is 47.4. The maximum Gasteiger partial charge on any atom is 0.306 e. The summed E-state index contributed by atoms with van der Waals surface area (Å²) >= 11 is 0.396. The van der Waals surface area contributed by atoms with Gasteiger partial charge in [-0.25, -0.2) is 13.2 Å². The van der Waals surface area contributed by atoms with E-state index in [1.807, 2.05) is 0 Å². The van der Waals surface area contributed by atoms with Gasteiger partial charge in [0.25, 0.3) is 0 Å². The molecule has 0 aromatic carbocycles. The van der Waals surface area contributed by atoms with E-state index in [2.05, 4.69) is 0 Å². The molecule has 0 heterocycles. The van der Waals surface area contributed by atoms with Crippen LogP contribution in [0.5, 0.6) is 0 Å². The maximum atomic E-state index is 17.2. The second kappa shape index (κ2) is 8.22. The first kappa shape index (κ1) is 25.5. The topological polar surface area (TPSA) is 80.7 Å². The number of thioether (sulfide) groups is 1. The number of hydrogen-bond acceptors (Lipinski definition) is 6. The number of aliphatic hydroxyl groups excluding tert-OH is 1. The summed E-state index contributed by atoms with van der Waals surface area (Å²) in [6.07, 6.45) is 0.160. The van der Waals surface area contributed by atoms with Crippen molar-refractivity contribution in [2.45, 2.75) is 76.9 Å². The SMILES string of the molecule is CCC(=O)O[C@]1(C(=O)SCF)[C@H](C)C[C@@H]2[C@H]3C[C@H](F)C4=CC(=O)C=C[C@]4(C)[C@@]3(F)[C@@H](O)C[C@@]21C. The maximum absolute atomic E-state index is 17.2. The molecule has 1 N–H and O–H groups in total. The average Bonchev–Trinajstić information content (AvgIpc) is 2.99.